The van der Waals surface area contributed by atoms with Crippen molar-refractivity contribution in [1.29, 1.82) is 0 Å². The van der Waals surface area contributed by atoms with Crippen molar-refractivity contribution in [3.8, 4) is 22.4 Å². The summed E-state index contributed by atoms with van der Waals surface area (Å²) in [5.74, 6) is 0.0139. The topological polar surface area (TPSA) is 115 Å². The quantitative estimate of drug-likeness (QED) is 0.368. The fraction of sp³-hybridized carbons (Fsp3) is 0.214. The minimum absolute atomic E-state index is 0.105. The summed E-state index contributed by atoms with van der Waals surface area (Å²) < 4.78 is 7.39. The molecule has 0 saturated heterocycles. The maximum absolute atomic E-state index is 12.8. The Kier molecular flexibility index (Phi) is 7.08. The van der Waals surface area contributed by atoms with E-state index in [2.05, 4.69) is 21.9 Å². The Bertz CT molecular complexity index is 1520. The molecule has 0 atom stereocenters. The van der Waals surface area contributed by atoms with Crippen molar-refractivity contribution >= 4 is 34.4 Å². The molecule has 0 aliphatic rings. The second-order valence-corrected chi connectivity index (χ2v) is 9.06. The molecule has 2 heterocycles. The fourth-order valence-electron chi connectivity index (χ4n) is 4.32. The third-order valence-electron chi connectivity index (χ3n) is 6.13. The molecule has 0 saturated carbocycles. The summed E-state index contributed by atoms with van der Waals surface area (Å²) in [6.07, 6.45) is 1.44. The number of nitrogens with one attached hydrogen (secondary N) is 1. The normalized spacial score (nSPS) is 10.9. The van der Waals surface area contributed by atoms with E-state index in [1.54, 1.807) is 28.1 Å². The highest BCUT2D eigenvalue weighted by Crippen LogP contribution is 2.42. The summed E-state index contributed by atoms with van der Waals surface area (Å²) >= 11 is 0. The zero-order chi connectivity index (χ0) is 26.9. The Morgan fingerprint density at radius 2 is 1.78 bits per heavy atom. The third kappa shape index (κ3) is 4.81. The van der Waals surface area contributed by atoms with Crippen LogP contribution in [0.15, 0.2) is 60.9 Å². The van der Waals surface area contributed by atoms with Gasteiger partial charge in [0.15, 0.2) is 0 Å². The van der Waals surface area contributed by atoms with Crippen molar-refractivity contribution in [2.24, 2.45) is 7.05 Å². The molecule has 4 aromatic rings. The predicted molar refractivity (Wildman–Crippen MR) is 146 cm³/mol. The van der Waals surface area contributed by atoms with E-state index in [0.29, 0.717) is 28.3 Å². The minimum atomic E-state index is -0.237. The SMILES string of the molecule is C=C(C)C(=O)Nc1ccc(-c2c(-c3ccc(C(=O)N(C)C)c(COC)c3)c3c(N)ncnc3n2C)cc1. The Hall–Kier alpha value is -4.50. The van der Waals surface area contributed by atoms with E-state index >= 15 is 0 Å². The third-order valence-corrected chi connectivity index (χ3v) is 6.13. The summed E-state index contributed by atoms with van der Waals surface area (Å²) in [7, 11) is 6.95. The number of aromatic nitrogens is 3. The molecule has 2 aromatic carbocycles. The Morgan fingerprint density at radius 1 is 1.11 bits per heavy atom. The van der Waals surface area contributed by atoms with Gasteiger partial charge in [-0.05, 0) is 47.9 Å². The van der Waals surface area contributed by atoms with Crippen molar-refractivity contribution in [3.05, 3.63) is 72.1 Å². The second kappa shape index (κ2) is 10.2. The number of nitrogens with two attached hydrogens (primary N) is 1. The number of nitrogens with zero attached hydrogens (tertiary/aromatic N) is 4. The van der Waals surface area contributed by atoms with Gasteiger partial charge >= 0.3 is 0 Å². The van der Waals surface area contributed by atoms with Crippen LogP contribution in [0, 0.1) is 0 Å². The first-order chi connectivity index (χ1) is 17.6. The molecule has 0 radical (unpaired) electrons. The van der Waals surface area contributed by atoms with Crippen LogP contribution >= 0.6 is 0 Å². The van der Waals surface area contributed by atoms with Crippen LogP contribution in [0.5, 0.6) is 0 Å². The van der Waals surface area contributed by atoms with E-state index in [9.17, 15) is 9.59 Å². The number of nitrogen functional groups attached to an aromatic ring is 1. The van der Waals surface area contributed by atoms with E-state index in [0.717, 1.165) is 33.3 Å². The first kappa shape index (κ1) is 25.6. The van der Waals surface area contributed by atoms with Crippen LogP contribution in [0.2, 0.25) is 0 Å². The summed E-state index contributed by atoms with van der Waals surface area (Å²) in [6, 6.07) is 13.2. The zero-order valence-electron chi connectivity index (χ0n) is 21.6. The smallest absolute Gasteiger partial charge is 0.253 e. The van der Waals surface area contributed by atoms with E-state index in [1.807, 2.05) is 54.1 Å². The van der Waals surface area contributed by atoms with Crippen molar-refractivity contribution in [2.75, 3.05) is 32.3 Å². The Balaban J connectivity index is 1.93. The Labute approximate surface area is 215 Å². The van der Waals surface area contributed by atoms with Gasteiger partial charge in [-0.25, -0.2) is 9.97 Å². The maximum Gasteiger partial charge on any atom is 0.253 e. The van der Waals surface area contributed by atoms with Gasteiger partial charge in [0.1, 0.15) is 17.8 Å². The van der Waals surface area contributed by atoms with Crippen LogP contribution in [0.4, 0.5) is 11.5 Å². The highest BCUT2D eigenvalue weighted by Gasteiger charge is 2.23. The number of fused-ring (bicyclic) bond motifs is 1. The molecule has 9 nitrogen and oxygen atoms in total. The van der Waals surface area contributed by atoms with E-state index in [1.165, 1.54) is 11.2 Å². The van der Waals surface area contributed by atoms with Gasteiger partial charge in [-0.2, -0.15) is 0 Å². The molecule has 37 heavy (non-hydrogen) atoms. The summed E-state index contributed by atoms with van der Waals surface area (Å²) in [6.45, 7) is 5.61. The first-order valence-electron chi connectivity index (χ1n) is 11.6. The van der Waals surface area contributed by atoms with Crippen molar-refractivity contribution in [3.63, 3.8) is 0 Å². The number of anilines is 2. The molecule has 190 valence electrons. The van der Waals surface area contributed by atoms with Gasteiger partial charge in [0.2, 0.25) is 0 Å². The molecular weight excluding hydrogens is 468 g/mol. The average molecular weight is 499 g/mol. The maximum atomic E-state index is 12.8. The predicted octanol–water partition coefficient (Wildman–Crippen LogP) is 4.25. The lowest BCUT2D eigenvalue weighted by molar-refractivity contribution is -0.112. The lowest BCUT2D eigenvalue weighted by atomic mass is 9.95. The van der Waals surface area contributed by atoms with Crippen LogP contribution in [-0.2, 0) is 23.2 Å². The Morgan fingerprint density at radius 3 is 2.41 bits per heavy atom. The van der Waals surface area contributed by atoms with E-state index in [-0.39, 0.29) is 18.4 Å². The largest absolute Gasteiger partial charge is 0.383 e. The van der Waals surface area contributed by atoms with E-state index in [4.69, 9.17) is 10.5 Å². The summed E-state index contributed by atoms with van der Waals surface area (Å²) in [5, 5.41) is 3.54. The molecule has 0 aliphatic heterocycles. The summed E-state index contributed by atoms with van der Waals surface area (Å²) in [4.78, 5) is 35.1. The average Bonchev–Trinajstić information content (AvgIpc) is 3.17. The molecule has 2 aromatic heterocycles. The molecule has 0 fully saturated rings. The van der Waals surface area contributed by atoms with Gasteiger partial charge in [0, 0.05) is 50.6 Å². The number of amides is 2. The number of methoxy groups -OCH3 is 1. The first-order valence-corrected chi connectivity index (χ1v) is 11.6. The van der Waals surface area contributed by atoms with Crippen LogP contribution in [-0.4, -0.2) is 52.5 Å². The van der Waals surface area contributed by atoms with Crippen LogP contribution < -0.4 is 11.1 Å². The molecule has 0 aliphatic carbocycles. The van der Waals surface area contributed by atoms with Crippen LogP contribution in [0.3, 0.4) is 0 Å². The van der Waals surface area contributed by atoms with E-state index < -0.39 is 0 Å². The number of rotatable bonds is 7. The van der Waals surface area contributed by atoms with Crippen molar-refractivity contribution < 1.29 is 14.3 Å². The second-order valence-electron chi connectivity index (χ2n) is 9.06. The zero-order valence-corrected chi connectivity index (χ0v) is 21.6. The molecule has 4 rings (SSSR count). The molecule has 2 amide bonds. The molecule has 0 spiro atoms. The number of ether oxygens (including phenoxy) is 1. The molecule has 3 N–H and O–H groups in total. The van der Waals surface area contributed by atoms with Crippen LogP contribution in [0.25, 0.3) is 33.4 Å². The standard InChI is InChI=1S/C28H30N6O3/c1-16(2)27(35)32-20-10-7-17(8-11-20)24-22(23-25(29)30-15-31-26(23)34(24)5)18-9-12-21(28(36)33(3)4)19(13-18)14-37-6/h7-13,15H,1,14H2,2-6H3,(H,32,35)(H2,29,30,31). The van der Waals surface area contributed by atoms with Crippen molar-refractivity contribution in [1.82, 2.24) is 19.4 Å². The molecule has 0 bridgehead atoms. The van der Waals surface area contributed by atoms with Gasteiger partial charge in [-0.15, -0.1) is 0 Å². The lowest BCUT2D eigenvalue weighted by Crippen LogP contribution is -2.23. The fourth-order valence-corrected chi connectivity index (χ4v) is 4.32. The number of carbonyl (C=O) groups excluding carboxylic acids is 2. The molecule has 0 unspecified atom stereocenters. The highest BCUT2D eigenvalue weighted by atomic mass is 16.5. The van der Waals surface area contributed by atoms with Gasteiger partial charge in [-0.1, -0.05) is 24.8 Å². The van der Waals surface area contributed by atoms with Gasteiger partial charge < -0.3 is 25.3 Å². The lowest BCUT2D eigenvalue weighted by Gasteiger charge is -2.16. The molecular formula is C28H30N6O3. The van der Waals surface area contributed by atoms with Gasteiger partial charge in [0.25, 0.3) is 11.8 Å². The highest BCUT2D eigenvalue weighted by molar-refractivity contribution is 6.08. The minimum Gasteiger partial charge on any atom is -0.383 e. The van der Waals surface area contributed by atoms with Crippen molar-refractivity contribution in [2.45, 2.75) is 13.5 Å². The number of aryl methyl sites for hydroxylation is 1. The monoisotopic (exact) mass is 498 g/mol. The van der Waals surface area contributed by atoms with Gasteiger partial charge in [-0.3, -0.25) is 9.59 Å². The molecule has 9 heteroatoms. The van der Waals surface area contributed by atoms with Gasteiger partial charge in [0.05, 0.1) is 17.7 Å². The number of hydrogen-bond donors (Lipinski definition) is 2. The summed E-state index contributed by atoms with van der Waals surface area (Å²) in [5.41, 5.74) is 12.9. The van der Waals surface area contributed by atoms with Crippen LogP contribution in [0.1, 0.15) is 22.8 Å². The number of benzene rings is 2. The number of carbonyl (C=O) groups is 2. The number of hydrogen-bond acceptors (Lipinski definition) is 6.